The third-order valence-electron chi connectivity index (χ3n) is 3.47. The third-order valence-corrected chi connectivity index (χ3v) is 3.47. The quantitative estimate of drug-likeness (QED) is 0.622. The highest BCUT2D eigenvalue weighted by Gasteiger charge is 2.02. The second kappa shape index (κ2) is 6.53. The van der Waals surface area contributed by atoms with Crippen LogP contribution in [0.1, 0.15) is 17.0 Å². The topological polar surface area (TPSA) is 12.9 Å². The Morgan fingerprint density at radius 2 is 1.35 bits per heavy atom. The first kappa shape index (κ1) is 15.1. The van der Waals surface area contributed by atoms with Gasteiger partial charge in [-0.25, -0.2) is 8.78 Å². The number of rotatable bonds is 3. The predicted molar refractivity (Wildman–Crippen MR) is 89.7 cm³/mol. The van der Waals surface area contributed by atoms with E-state index >= 15 is 0 Å². The number of pyridine rings is 1. The van der Waals surface area contributed by atoms with Gasteiger partial charge in [0.15, 0.2) is 0 Å². The first-order valence-electron chi connectivity index (χ1n) is 7.28. The molecule has 2 aromatic carbocycles. The maximum absolute atomic E-state index is 13.0. The van der Waals surface area contributed by atoms with Crippen molar-refractivity contribution in [2.75, 3.05) is 0 Å². The van der Waals surface area contributed by atoms with Gasteiger partial charge in [-0.2, -0.15) is 0 Å². The number of benzene rings is 2. The second-order valence-electron chi connectivity index (χ2n) is 5.31. The molecule has 0 aliphatic carbocycles. The van der Waals surface area contributed by atoms with Crippen molar-refractivity contribution in [2.24, 2.45) is 0 Å². The van der Waals surface area contributed by atoms with E-state index in [-0.39, 0.29) is 11.6 Å². The van der Waals surface area contributed by atoms with Crippen molar-refractivity contribution in [3.8, 4) is 11.1 Å². The van der Waals surface area contributed by atoms with Gasteiger partial charge in [0.1, 0.15) is 11.6 Å². The fraction of sp³-hybridized carbons (Fsp3) is 0.0500. The molecule has 0 aliphatic rings. The van der Waals surface area contributed by atoms with E-state index in [2.05, 4.69) is 4.98 Å². The van der Waals surface area contributed by atoms with Crippen LogP contribution in [0.2, 0.25) is 0 Å². The highest BCUT2D eigenvalue weighted by molar-refractivity contribution is 5.72. The molecule has 0 bridgehead atoms. The van der Waals surface area contributed by atoms with E-state index in [1.165, 1.54) is 24.3 Å². The SMILES string of the molecule is Cc1cc(-c2ccc(F)cc2)cc(/C=C/c2ccc(F)cc2)n1. The standard InChI is InChI=1S/C20H15F2N/c1-14-12-17(16-5-9-19(22)10-6-16)13-20(23-14)11-4-15-2-7-18(21)8-3-15/h2-13H,1H3/b11-4+. The van der Waals surface area contributed by atoms with Gasteiger partial charge in [-0.15, -0.1) is 0 Å². The Hall–Kier alpha value is -2.81. The predicted octanol–water partition coefficient (Wildman–Crippen LogP) is 5.51. The molecule has 0 amide bonds. The van der Waals surface area contributed by atoms with Crippen LogP contribution in [0.15, 0.2) is 60.7 Å². The Morgan fingerprint density at radius 1 is 0.739 bits per heavy atom. The lowest BCUT2D eigenvalue weighted by Crippen LogP contribution is -1.89. The smallest absolute Gasteiger partial charge is 0.123 e. The number of halogens is 2. The lowest BCUT2D eigenvalue weighted by atomic mass is 10.0. The van der Waals surface area contributed by atoms with Gasteiger partial charge in [-0.3, -0.25) is 4.98 Å². The second-order valence-corrected chi connectivity index (χ2v) is 5.31. The average molecular weight is 307 g/mol. The van der Waals surface area contributed by atoms with Crippen LogP contribution < -0.4 is 0 Å². The van der Waals surface area contributed by atoms with Crippen LogP contribution in [0.3, 0.4) is 0 Å². The number of nitrogens with zero attached hydrogens (tertiary/aromatic N) is 1. The van der Waals surface area contributed by atoms with Crippen molar-refractivity contribution in [1.82, 2.24) is 4.98 Å². The molecule has 0 radical (unpaired) electrons. The van der Waals surface area contributed by atoms with Gasteiger partial charge in [0.05, 0.1) is 5.69 Å². The molecule has 1 nitrogen and oxygen atoms in total. The third kappa shape index (κ3) is 3.89. The van der Waals surface area contributed by atoms with Crippen molar-refractivity contribution in [2.45, 2.75) is 6.92 Å². The van der Waals surface area contributed by atoms with Crippen LogP contribution >= 0.6 is 0 Å². The molecule has 23 heavy (non-hydrogen) atoms. The molecule has 0 N–H and O–H groups in total. The molecule has 0 atom stereocenters. The van der Waals surface area contributed by atoms with E-state index in [4.69, 9.17) is 0 Å². The van der Waals surface area contributed by atoms with Crippen LogP contribution in [0.4, 0.5) is 8.78 Å². The molecular weight excluding hydrogens is 292 g/mol. The summed E-state index contributed by atoms with van der Waals surface area (Å²) in [5.74, 6) is -0.509. The van der Waals surface area contributed by atoms with E-state index in [0.29, 0.717) is 0 Å². The molecule has 0 saturated heterocycles. The molecule has 0 spiro atoms. The number of aryl methyl sites for hydroxylation is 1. The van der Waals surface area contributed by atoms with Crippen LogP contribution in [0.5, 0.6) is 0 Å². The summed E-state index contributed by atoms with van der Waals surface area (Å²) in [6, 6.07) is 16.6. The van der Waals surface area contributed by atoms with E-state index in [1.807, 2.05) is 31.2 Å². The summed E-state index contributed by atoms with van der Waals surface area (Å²) in [6.07, 6.45) is 3.77. The monoisotopic (exact) mass is 307 g/mol. The van der Waals surface area contributed by atoms with Gasteiger partial charge in [0.25, 0.3) is 0 Å². The minimum Gasteiger partial charge on any atom is -0.254 e. The minimum atomic E-state index is -0.255. The summed E-state index contributed by atoms with van der Waals surface area (Å²) in [4.78, 5) is 4.47. The maximum atomic E-state index is 13.0. The zero-order valence-electron chi connectivity index (χ0n) is 12.6. The molecule has 0 fully saturated rings. The fourth-order valence-corrected chi connectivity index (χ4v) is 2.34. The van der Waals surface area contributed by atoms with Crippen LogP contribution in [0.25, 0.3) is 23.3 Å². The fourth-order valence-electron chi connectivity index (χ4n) is 2.34. The largest absolute Gasteiger partial charge is 0.254 e. The normalized spacial score (nSPS) is 11.1. The number of hydrogen-bond donors (Lipinski definition) is 0. The van der Waals surface area contributed by atoms with Gasteiger partial charge in [0.2, 0.25) is 0 Å². The van der Waals surface area contributed by atoms with E-state index in [0.717, 1.165) is 28.1 Å². The summed E-state index contributed by atoms with van der Waals surface area (Å²) < 4.78 is 26.0. The van der Waals surface area contributed by atoms with Crippen molar-refractivity contribution in [1.29, 1.82) is 0 Å². The zero-order chi connectivity index (χ0) is 16.2. The zero-order valence-corrected chi connectivity index (χ0v) is 12.6. The summed E-state index contributed by atoms with van der Waals surface area (Å²) in [5.41, 5.74) is 4.50. The molecule has 3 aromatic rings. The molecule has 1 aromatic heterocycles. The van der Waals surface area contributed by atoms with Crippen molar-refractivity contribution >= 4 is 12.2 Å². The summed E-state index contributed by atoms with van der Waals surface area (Å²) >= 11 is 0. The van der Waals surface area contributed by atoms with Crippen LogP contribution in [0, 0.1) is 18.6 Å². The summed E-state index contributed by atoms with van der Waals surface area (Å²) in [5, 5.41) is 0. The Morgan fingerprint density at radius 3 is 2.00 bits per heavy atom. The van der Waals surface area contributed by atoms with E-state index in [9.17, 15) is 8.78 Å². The van der Waals surface area contributed by atoms with Gasteiger partial charge < -0.3 is 0 Å². The van der Waals surface area contributed by atoms with E-state index < -0.39 is 0 Å². The molecule has 1 heterocycles. The molecule has 0 saturated carbocycles. The molecule has 0 aliphatic heterocycles. The first-order chi connectivity index (χ1) is 11.1. The van der Waals surface area contributed by atoms with Gasteiger partial charge >= 0.3 is 0 Å². The highest BCUT2D eigenvalue weighted by Crippen LogP contribution is 2.22. The van der Waals surface area contributed by atoms with E-state index in [1.54, 1.807) is 24.3 Å². The van der Waals surface area contributed by atoms with Gasteiger partial charge in [-0.05, 0) is 66.1 Å². The summed E-state index contributed by atoms with van der Waals surface area (Å²) in [6.45, 7) is 1.92. The lowest BCUT2D eigenvalue weighted by Gasteiger charge is -2.05. The van der Waals surface area contributed by atoms with Crippen molar-refractivity contribution in [3.05, 3.63) is 89.2 Å². The Kier molecular flexibility index (Phi) is 4.29. The number of hydrogen-bond acceptors (Lipinski definition) is 1. The van der Waals surface area contributed by atoms with Crippen LogP contribution in [-0.2, 0) is 0 Å². The van der Waals surface area contributed by atoms with Crippen LogP contribution in [-0.4, -0.2) is 4.98 Å². The maximum Gasteiger partial charge on any atom is 0.123 e. The lowest BCUT2D eigenvalue weighted by molar-refractivity contribution is 0.627. The molecular formula is C20H15F2N. The van der Waals surface area contributed by atoms with Gasteiger partial charge in [0, 0.05) is 5.69 Å². The molecule has 114 valence electrons. The molecule has 3 rings (SSSR count). The average Bonchev–Trinajstić information content (AvgIpc) is 2.54. The highest BCUT2D eigenvalue weighted by atomic mass is 19.1. The number of aromatic nitrogens is 1. The van der Waals surface area contributed by atoms with Crippen molar-refractivity contribution in [3.63, 3.8) is 0 Å². The first-order valence-corrected chi connectivity index (χ1v) is 7.28. The van der Waals surface area contributed by atoms with Crippen molar-refractivity contribution < 1.29 is 8.78 Å². The Balaban J connectivity index is 1.91. The Bertz CT molecular complexity index is 835. The molecule has 0 unspecified atom stereocenters. The molecule has 3 heteroatoms. The Labute approximate surface area is 134 Å². The van der Waals surface area contributed by atoms with Gasteiger partial charge in [-0.1, -0.05) is 30.3 Å². The summed E-state index contributed by atoms with van der Waals surface area (Å²) in [7, 11) is 0. The minimum absolute atomic E-state index is 0.254.